The van der Waals surface area contributed by atoms with Gasteiger partial charge in [-0.2, -0.15) is 0 Å². The Labute approximate surface area is 141 Å². The van der Waals surface area contributed by atoms with E-state index in [-0.39, 0.29) is 0 Å². The molecule has 0 aliphatic carbocycles. The maximum atomic E-state index is 12.7. The lowest BCUT2D eigenvalue weighted by molar-refractivity contribution is -0.856. The van der Waals surface area contributed by atoms with E-state index in [2.05, 4.69) is 10.3 Å². The van der Waals surface area contributed by atoms with Gasteiger partial charge in [0.2, 0.25) is 5.91 Å². The second-order valence-corrected chi connectivity index (χ2v) is 6.18. The molecule has 1 aliphatic heterocycles. The molecule has 0 unspecified atom stereocenters. The van der Waals surface area contributed by atoms with Crippen LogP contribution in [0.2, 0.25) is 0 Å². The van der Waals surface area contributed by atoms with Gasteiger partial charge in [0.05, 0.1) is 32.9 Å². The number of likely N-dealkylation sites (N-methyl/N-ethyl adjacent to an activating group) is 1. The number of hydrogen-bond acceptors (Lipinski definition) is 4. The fourth-order valence-corrected chi connectivity index (χ4v) is 2.40. The van der Waals surface area contributed by atoms with Crippen molar-refractivity contribution in [2.45, 2.75) is 13.8 Å². The summed E-state index contributed by atoms with van der Waals surface area (Å²) >= 11 is 0. The smallest absolute Gasteiger partial charge is 0.335 e. The molecule has 24 heavy (non-hydrogen) atoms. The highest BCUT2D eigenvalue weighted by molar-refractivity contribution is 6.32. The fourth-order valence-electron chi connectivity index (χ4n) is 2.40. The first-order valence-corrected chi connectivity index (χ1v) is 7.87. The van der Waals surface area contributed by atoms with Crippen LogP contribution in [0.5, 0.6) is 0 Å². The van der Waals surface area contributed by atoms with Gasteiger partial charge in [0.25, 0.3) is 5.91 Å². The second kappa shape index (κ2) is 7.35. The minimum absolute atomic E-state index is 0.487. The SMILES string of the molecule is Cc1cccc(N2C(=O)NC(=O)[C@@H](C=NCC[NH+](C)C)C2=O)c1C. The standard InChI is InChI=1S/C17H22N4O3/c1-11-6-5-7-14(12(11)2)21-16(23)13(15(22)19-17(21)24)10-18-8-9-20(3)4/h5-7,10,13H,8-9H2,1-4H3,(H,19,22,24)/p+1/t13-/m1/s1. The average Bonchev–Trinajstić information content (AvgIpc) is 2.50. The van der Waals surface area contributed by atoms with Crippen molar-refractivity contribution in [3.8, 4) is 0 Å². The van der Waals surface area contributed by atoms with E-state index in [9.17, 15) is 14.4 Å². The van der Waals surface area contributed by atoms with Crippen LogP contribution >= 0.6 is 0 Å². The summed E-state index contributed by atoms with van der Waals surface area (Å²) in [5, 5.41) is 2.24. The van der Waals surface area contributed by atoms with E-state index in [0.717, 1.165) is 22.6 Å². The first kappa shape index (κ1) is 17.8. The van der Waals surface area contributed by atoms with Gasteiger partial charge in [-0.05, 0) is 31.0 Å². The van der Waals surface area contributed by atoms with E-state index in [1.54, 1.807) is 12.1 Å². The average molecular weight is 331 g/mol. The van der Waals surface area contributed by atoms with Gasteiger partial charge < -0.3 is 4.90 Å². The predicted molar refractivity (Wildman–Crippen MR) is 91.5 cm³/mol. The Morgan fingerprint density at radius 2 is 1.96 bits per heavy atom. The van der Waals surface area contributed by atoms with E-state index in [4.69, 9.17) is 0 Å². The maximum Gasteiger partial charge on any atom is 0.335 e. The van der Waals surface area contributed by atoms with Crippen molar-refractivity contribution in [3.63, 3.8) is 0 Å². The summed E-state index contributed by atoms with van der Waals surface area (Å²) in [6, 6.07) is 4.65. The zero-order valence-electron chi connectivity index (χ0n) is 14.4. The maximum absolute atomic E-state index is 12.7. The van der Waals surface area contributed by atoms with E-state index in [1.807, 2.05) is 34.0 Å². The number of urea groups is 1. The molecule has 0 spiro atoms. The zero-order valence-corrected chi connectivity index (χ0v) is 14.4. The molecule has 7 heteroatoms. The number of nitrogens with zero attached hydrogens (tertiary/aromatic N) is 2. The lowest BCUT2D eigenvalue weighted by Gasteiger charge is -2.29. The van der Waals surface area contributed by atoms with Crippen molar-refractivity contribution in [1.29, 1.82) is 0 Å². The van der Waals surface area contributed by atoms with Crippen LogP contribution in [0.25, 0.3) is 0 Å². The number of imide groups is 2. The quantitative estimate of drug-likeness (QED) is 0.575. The lowest BCUT2D eigenvalue weighted by atomic mass is 10.0. The van der Waals surface area contributed by atoms with Gasteiger partial charge in [0, 0.05) is 6.21 Å². The Morgan fingerprint density at radius 3 is 2.62 bits per heavy atom. The first-order chi connectivity index (χ1) is 11.3. The van der Waals surface area contributed by atoms with Crippen molar-refractivity contribution in [1.82, 2.24) is 5.32 Å². The lowest BCUT2D eigenvalue weighted by Crippen LogP contribution is -3.06. The summed E-state index contributed by atoms with van der Waals surface area (Å²) in [6.07, 6.45) is 1.34. The number of carbonyl (C=O) groups is 3. The molecule has 1 saturated heterocycles. The van der Waals surface area contributed by atoms with E-state index in [1.165, 1.54) is 11.1 Å². The summed E-state index contributed by atoms with van der Waals surface area (Å²) in [5.41, 5.74) is 2.27. The summed E-state index contributed by atoms with van der Waals surface area (Å²) in [6.45, 7) is 5.04. The zero-order chi connectivity index (χ0) is 17.9. The molecule has 1 atom stereocenters. The molecular weight excluding hydrogens is 308 g/mol. The van der Waals surface area contributed by atoms with Gasteiger partial charge in [0.1, 0.15) is 0 Å². The summed E-state index contributed by atoms with van der Waals surface area (Å²) in [4.78, 5) is 43.3. The van der Waals surface area contributed by atoms with Crippen LogP contribution < -0.4 is 15.1 Å². The van der Waals surface area contributed by atoms with Crippen LogP contribution in [-0.4, -0.2) is 51.2 Å². The van der Waals surface area contributed by atoms with E-state index < -0.39 is 23.8 Å². The number of amides is 4. The Bertz CT molecular complexity index is 697. The summed E-state index contributed by atoms with van der Waals surface area (Å²) < 4.78 is 0. The molecule has 2 N–H and O–H groups in total. The molecule has 1 heterocycles. The molecule has 0 saturated carbocycles. The van der Waals surface area contributed by atoms with Crippen LogP contribution in [0, 0.1) is 19.8 Å². The number of aliphatic imine (C=N–C) groups is 1. The topological polar surface area (TPSA) is 83.3 Å². The predicted octanol–water partition coefficient (Wildman–Crippen LogP) is -0.282. The van der Waals surface area contributed by atoms with E-state index >= 15 is 0 Å². The van der Waals surface area contributed by atoms with Crippen LogP contribution in [-0.2, 0) is 9.59 Å². The largest absolute Gasteiger partial charge is 0.338 e. The molecule has 7 nitrogen and oxygen atoms in total. The molecule has 1 aromatic rings. The highest BCUT2D eigenvalue weighted by Gasteiger charge is 2.40. The third-order valence-electron chi connectivity index (χ3n) is 4.01. The number of benzene rings is 1. The molecule has 0 aromatic heterocycles. The van der Waals surface area contributed by atoms with Crippen LogP contribution in [0.1, 0.15) is 11.1 Å². The minimum atomic E-state index is -1.08. The van der Waals surface area contributed by atoms with Gasteiger partial charge in [-0.1, -0.05) is 12.1 Å². The Morgan fingerprint density at radius 1 is 1.25 bits per heavy atom. The van der Waals surface area contributed by atoms with Crippen LogP contribution in [0.4, 0.5) is 10.5 Å². The molecule has 128 valence electrons. The van der Waals surface area contributed by atoms with E-state index in [0.29, 0.717) is 12.2 Å². The van der Waals surface area contributed by atoms with Crippen LogP contribution in [0.3, 0.4) is 0 Å². The molecule has 0 radical (unpaired) electrons. The third kappa shape index (κ3) is 3.68. The van der Waals surface area contributed by atoms with Crippen molar-refractivity contribution in [2.24, 2.45) is 10.9 Å². The number of quaternary nitrogens is 1. The second-order valence-electron chi connectivity index (χ2n) is 6.18. The van der Waals surface area contributed by atoms with Crippen molar-refractivity contribution < 1.29 is 19.3 Å². The minimum Gasteiger partial charge on any atom is -0.338 e. The molecule has 1 fully saturated rings. The molecule has 0 bridgehead atoms. The normalized spacial score (nSPS) is 18.6. The van der Waals surface area contributed by atoms with Crippen LogP contribution in [0.15, 0.2) is 23.2 Å². The van der Waals surface area contributed by atoms with Gasteiger partial charge in [-0.25, -0.2) is 9.69 Å². The fraction of sp³-hybridized carbons (Fsp3) is 0.412. The van der Waals surface area contributed by atoms with Gasteiger partial charge in [-0.15, -0.1) is 0 Å². The van der Waals surface area contributed by atoms with Gasteiger partial charge >= 0.3 is 6.03 Å². The third-order valence-corrected chi connectivity index (χ3v) is 4.01. The highest BCUT2D eigenvalue weighted by Crippen LogP contribution is 2.26. The molecule has 1 aromatic carbocycles. The number of nitrogens with one attached hydrogen (secondary N) is 2. The van der Waals surface area contributed by atoms with Gasteiger partial charge in [0.15, 0.2) is 5.92 Å². The number of carbonyl (C=O) groups excluding carboxylic acids is 3. The van der Waals surface area contributed by atoms with Crippen molar-refractivity contribution >= 4 is 29.7 Å². The summed E-state index contributed by atoms with van der Waals surface area (Å²) in [5.74, 6) is -2.29. The monoisotopic (exact) mass is 331 g/mol. The highest BCUT2D eigenvalue weighted by atomic mass is 16.2. The molecule has 2 rings (SSSR count). The Kier molecular flexibility index (Phi) is 5.46. The molecule has 1 aliphatic rings. The number of aryl methyl sites for hydroxylation is 1. The first-order valence-electron chi connectivity index (χ1n) is 7.87. The molecular formula is C17H23N4O3+. The Hall–Kier alpha value is -2.54. The van der Waals surface area contributed by atoms with Crippen molar-refractivity contribution in [2.75, 3.05) is 32.1 Å². The number of barbiturate groups is 1. The summed E-state index contributed by atoms with van der Waals surface area (Å²) in [7, 11) is 3.99. The number of rotatable bonds is 5. The van der Waals surface area contributed by atoms with Crippen molar-refractivity contribution in [3.05, 3.63) is 29.3 Å². The Balaban J connectivity index is 2.26. The van der Waals surface area contributed by atoms with Gasteiger partial charge in [-0.3, -0.25) is 19.9 Å². The number of anilines is 1. The number of hydrogen-bond donors (Lipinski definition) is 2. The molecule has 4 amide bonds.